The van der Waals surface area contributed by atoms with Crippen LogP contribution in [0.3, 0.4) is 0 Å². The second-order valence-electron chi connectivity index (χ2n) is 10.1. The number of amides is 1. The Morgan fingerprint density at radius 1 is 1.15 bits per heavy atom. The van der Waals surface area contributed by atoms with Crippen LogP contribution in [-0.4, -0.2) is 45.6 Å². The Balaban J connectivity index is 1.66. The van der Waals surface area contributed by atoms with Gasteiger partial charge in [0.25, 0.3) is 5.91 Å². The Labute approximate surface area is 233 Å². The van der Waals surface area contributed by atoms with E-state index in [0.29, 0.717) is 11.4 Å². The first-order valence-corrected chi connectivity index (χ1v) is 13.1. The van der Waals surface area contributed by atoms with E-state index in [2.05, 4.69) is 31.2 Å². The molecule has 13 heteroatoms. The van der Waals surface area contributed by atoms with E-state index in [9.17, 15) is 18.0 Å². The number of methoxy groups -OCH3 is 1. The molecule has 0 radical (unpaired) electrons. The molecule has 0 unspecified atom stereocenters. The number of nitrogens with one attached hydrogen (secondary N) is 3. The molecule has 2 heterocycles. The van der Waals surface area contributed by atoms with Crippen molar-refractivity contribution in [3.63, 3.8) is 0 Å². The van der Waals surface area contributed by atoms with Gasteiger partial charge in [0.15, 0.2) is 5.13 Å². The molecule has 0 spiro atoms. The van der Waals surface area contributed by atoms with E-state index >= 15 is 0 Å². The topological polar surface area (TPSA) is 106 Å². The number of rotatable bonds is 8. The molecule has 2 aromatic carbocycles. The highest BCUT2D eigenvalue weighted by atomic mass is 32.1. The number of ether oxygens (including phenoxy) is 1. The molecule has 1 amide bonds. The zero-order valence-corrected chi connectivity index (χ0v) is 23.7. The van der Waals surface area contributed by atoms with Gasteiger partial charge in [-0.15, -0.1) is 5.10 Å². The first kappa shape index (κ1) is 29.0. The molecule has 0 aliphatic heterocycles. The fraction of sp³-hybridized carbons (Fsp3) is 0.333. The van der Waals surface area contributed by atoms with Crippen LogP contribution in [0.25, 0.3) is 16.3 Å². The number of carbonyl (C=O) groups is 1. The third kappa shape index (κ3) is 6.59. The van der Waals surface area contributed by atoms with Crippen molar-refractivity contribution in [2.45, 2.75) is 46.0 Å². The molecule has 4 aromatic rings. The van der Waals surface area contributed by atoms with E-state index in [0.717, 1.165) is 27.7 Å². The van der Waals surface area contributed by atoms with E-state index < -0.39 is 17.6 Å². The lowest BCUT2D eigenvalue weighted by Crippen LogP contribution is -2.35. The van der Waals surface area contributed by atoms with Gasteiger partial charge in [-0.2, -0.15) is 13.2 Å². The molecule has 40 heavy (non-hydrogen) atoms. The van der Waals surface area contributed by atoms with Gasteiger partial charge in [-0.3, -0.25) is 4.79 Å². The monoisotopic (exact) mass is 573 g/mol. The van der Waals surface area contributed by atoms with Crippen molar-refractivity contribution in [2.24, 2.45) is 0 Å². The number of aromatic nitrogens is 4. The molecular formula is C27H30F3N7O2S. The van der Waals surface area contributed by atoms with Gasteiger partial charge in [0.05, 0.1) is 35.1 Å². The van der Waals surface area contributed by atoms with Crippen molar-refractivity contribution >= 4 is 28.1 Å². The zero-order valence-electron chi connectivity index (χ0n) is 22.9. The van der Waals surface area contributed by atoms with Gasteiger partial charge in [0, 0.05) is 36.5 Å². The molecule has 0 fully saturated rings. The van der Waals surface area contributed by atoms with Crippen molar-refractivity contribution in [1.29, 1.82) is 0 Å². The van der Waals surface area contributed by atoms with Gasteiger partial charge in [-0.05, 0) is 57.5 Å². The lowest BCUT2D eigenvalue weighted by molar-refractivity contribution is -0.137. The minimum atomic E-state index is -4.61. The van der Waals surface area contributed by atoms with Gasteiger partial charge >= 0.3 is 6.18 Å². The van der Waals surface area contributed by atoms with Crippen molar-refractivity contribution < 1.29 is 22.7 Å². The summed E-state index contributed by atoms with van der Waals surface area (Å²) in [6, 6.07) is 6.85. The van der Waals surface area contributed by atoms with Gasteiger partial charge in [0.1, 0.15) is 11.4 Å². The van der Waals surface area contributed by atoms with Crippen LogP contribution in [0.15, 0.2) is 42.7 Å². The fourth-order valence-electron chi connectivity index (χ4n) is 3.87. The molecular weight excluding hydrogens is 543 g/mol. The third-order valence-electron chi connectivity index (χ3n) is 5.94. The van der Waals surface area contributed by atoms with Crippen LogP contribution in [0, 0.1) is 6.92 Å². The van der Waals surface area contributed by atoms with Crippen LogP contribution in [0.4, 0.5) is 24.0 Å². The molecule has 0 atom stereocenters. The van der Waals surface area contributed by atoms with Crippen LogP contribution in [-0.2, 0) is 12.7 Å². The van der Waals surface area contributed by atoms with Crippen LogP contribution < -0.4 is 20.7 Å². The van der Waals surface area contributed by atoms with E-state index in [4.69, 9.17) is 4.74 Å². The summed E-state index contributed by atoms with van der Waals surface area (Å²) in [7, 11) is 3.13. The molecule has 2 aromatic heterocycles. The number of carbonyl (C=O) groups excluding carboxylic acids is 1. The van der Waals surface area contributed by atoms with Crippen LogP contribution in [0.1, 0.15) is 47.8 Å². The van der Waals surface area contributed by atoms with Crippen LogP contribution >= 0.6 is 11.3 Å². The standard InChI is InChI=1S/C27H30F3N7O2S/c1-15-7-8-16(10-21(15)37-14-20(35-36-37)22-13-32-25(31-5)40-22)24(38)34-19-11-18(27(28,29)30)9-17(23(19)39-6)12-33-26(2,3)4/h7-11,13-14,33H,12H2,1-6H3,(H,31,32)(H,34,38). The van der Waals surface area contributed by atoms with Gasteiger partial charge in [-0.25, -0.2) is 9.67 Å². The fourth-order valence-corrected chi connectivity index (χ4v) is 4.59. The first-order valence-electron chi connectivity index (χ1n) is 12.3. The lowest BCUT2D eigenvalue weighted by Gasteiger charge is -2.23. The maximum absolute atomic E-state index is 13.8. The van der Waals surface area contributed by atoms with Crippen molar-refractivity contribution in [3.8, 4) is 22.0 Å². The van der Waals surface area contributed by atoms with Crippen molar-refractivity contribution in [1.82, 2.24) is 25.3 Å². The zero-order chi connectivity index (χ0) is 29.2. The Hall–Kier alpha value is -3.97. The normalized spacial score (nSPS) is 11.9. The number of nitrogens with zero attached hydrogens (tertiary/aromatic N) is 4. The molecule has 212 valence electrons. The van der Waals surface area contributed by atoms with E-state index in [-0.39, 0.29) is 34.6 Å². The SMILES string of the molecule is CNc1ncc(-c2cn(-c3cc(C(=O)Nc4cc(C(F)(F)F)cc(CNC(C)(C)C)c4OC)ccc3C)nn2)s1. The Morgan fingerprint density at radius 2 is 1.90 bits per heavy atom. The maximum Gasteiger partial charge on any atom is 0.416 e. The van der Waals surface area contributed by atoms with E-state index in [1.165, 1.54) is 18.4 Å². The maximum atomic E-state index is 13.8. The number of benzene rings is 2. The second-order valence-corrected chi connectivity index (χ2v) is 11.1. The number of anilines is 2. The van der Waals surface area contributed by atoms with Crippen LogP contribution in [0.5, 0.6) is 5.75 Å². The van der Waals surface area contributed by atoms with E-state index in [1.54, 1.807) is 42.3 Å². The summed E-state index contributed by atoms with van der Waals surface area (Å²) in [5.74, 6) is -0.452. The minimum absolute atomic E-state index is 0.0799. The summed E-state index contributed by atoms with van der Waals surface area (Å²) in [4.78, 5) is 18.4. The predicted molar refractivity (Wildman–Crippen MR) is 149 cm³/mol. The van der Waals surface area contributed by atoms with Crippen molar-refractivity contribution in [3.05, 3.63) is 65.0 Å². The molecule has 0 saturated heterocycles. The summed E-state index contributed by atoms with van der Waals surface area (Å²) in [5.41, 5.74) is 1.20. The summed E-state index contributed by atoms with van der Waals surface area (Å²) in [6.45, 7) is 7.67. The lowest BCUT2D eigenvalue weighted by atomic mass is 10.0. The number of aryl methyl sites for hydroxylation is 1. The third-order valence-corrected chi connectivity index (χ3v) is 6.98. The Morgan fingerprint density at radius 3 is 2.52 bits per heavy atom. The highest BCUT2D eigenvalue weighted by Crippen LogP contribution is 2.38. The van der Waals surface area contributed by atoms with Crippen molar-refractivity contribution in [2.75, 3.05) is 24.8 Å². The molecule has 0 bridgehead atoms. The first-order chi connectivity index (χ1) is 18.8. The Kier molecular flexibility index (Phi) is 8.17. The highest BCUT2D eigenvalue weighted by Gasteiger charge is 2.33. The minimum Gasteiger partial charge on any atom is -0.494 e. The number of alkyl halides is 3. The molecule has 0 saturated carbocycles. The summed E-state index contributed by atoms with van der Waals surface area (Å²) in [5, 5.41) is 17.9. The summed E-state index contributed by atoms with van der Waals surface area (Å²) in [6.07, 6.45) is -1.20. The molecule has 4 rings (SSSR count). The molecule has 0 aliphatic carbocycles. The second kappa shape index (κ2) is 11.3. The molecule has 9 nitrogen and oxygen atoms in total. The smallest absolute Gasteiger partial charge is 0.416 e. The highest BCUT2D eigenvalue weighted by molar-refractivity contribution is 7.18. The predicted octanol–water partition coefficient (Wildman–Crippen LogP) is 5.91. The molecule has 3 N–H and O–H groups in total. The Bertz CT molecular complexity index is 1520. The van der Waals surface area contributed by atoms with E-state index in [1.807, 2.05) is 27.7 Å². The number of halogens is 3. The number of hydrogen-bond acceptors (Lipinski definition) is 8. The number of hydrogen-bond donors (Lipinski definition) is 3. The van der Waals surface area contributed by atoms with Gasteiger partial charge in [0.2, 0.25) is 0 Å². The number of thiazole rings is 1. The van der Waals surface area contributed by atoms with Crippen LogP contribution in [0.2, 0.25) is 0 Å². The average Bonchev–Trinajstić information content (AvgIpc) is 3.56. The molecule has 0 aliphatic rings. The summed E-state index contributed by atoms with van der Waals surface area (Å²) < 4.78 is 48.3. The van der Waals surface area contributed by atoms with Gasteiger partial charge in [-0.1, -0.05) is 22.6 Å². The van der Waals surface area contributed by atoms with Gasteiger partial charge < -0.3 is 20.7 Å². The average molecular weight is 574 g/mol. The summed E-state index contributed by atoms with van der Waals surface area (Å²) >= 11 is 1.42. The largest absolute Gasteiger partial charge is 0.494 e. The quantitative estimate of drug-likeness (QED) is 0.241.